The van der Waals surface area contributed by atoms with Crippen LogP contribution >= 0.6 is 0 Å². The summed E-state index contributed by atoms with van der Waals surface area (Å²) in [5.74, 6) is 0.514. The Balaban J connectivity index is 1.30. The summed E-state index contributed by atoms with van der Waals surface area (Å²) in [5.41, 5.74) is 1.90. The number of hydrogen-bond acceptors (Lipinski definition) is 6. The Hall–Kier alpha value is -4.45. The summed E-state index contributed by atoms with van der Waals surface area (Å²) in [5, 5.41) is 8.18. The molecule has 12 heteroatoms. The van der Waals surface area contributed by atoms with Crippen LogP contribution in [0.4, 0.5) is 40.7 Å². The van der Waals surface area contributed by atoms with Crippen LogP contribution in [0.3, 0.4) is 0 Å². The number of hydrogen-bond donors (Lipinski definition) is 3. The van der Waals surface area contributed by atoms with E-state index in [1.54, 1.807) is 25.3 Å². The Morgan fingerprint density at radius 1 is 0.907 bits per heavy atom. The van der Waals surface area contributed by atoms with Crippen molar-refractivity contribution in [3.05, 3.63) is 77.9 Å². The second-order valence-corrected chi connectivity index (χ2v) is 10.4. The van der Waals surface area contributed by atoms with Gasteiger partial charge in [0.1, 0.15) is 5.75 Å². The summed E-state index contributed by atoms with van der Waals surface area (Å²) in [6.07, 6.45) is -2.67. The minimum absolute atomic E-state index is 0.0346. The zero-order chi connectivity index (χ0) is 30.4. The monoisotopic (exact) mass is 597 g/mol. The van der Waals surface area contributed by atoms with E-state index in [0.29, 0.717) is 50.6 Å². The highest BCUT2D eigenvalue weighted by molar-refractivity contribution is 6.04. The largest absolute Gasteiger partial charge is 0.495 e. The molecule has 0 radical (unpaired) electrons. The van der Waals surface area contributed by atoms with Gasteiger partial charge in [-0.3, -0.25) is 4.79 Å². The molecule has 2 saturated heterocycles. The number of nitrogens with one attached hydrogen (secondary N) is 3. The first-order chi connectivity index (χ1) is 20.7. The predicted molar refractivity (Wildman–Crippen MR) is 159 cm³/mol. The molecule has 3 aromatic carbocycles. The number of rotatable bonds is 8. The van der Waals surface area contributed by atoms with E-state index in [1.165, 1.54) is 12.1 Å². The normalized spacial score (nSPS) is 17.0. The number of urea groups is 1. The molecular formula is C31H34F3N5O4. The number of amides is 3. The fourth-order valence-electron chi connectivity index (χ4n) is 5.29. The van der Waals surface area contributed by atoms with E-state index in [4.69, 9.17) is 9.47 Å². The van der Waals surface area contributed by atoms with Gasteiger partial charge in [-0.1, -0.05) is 12.1 Å². The zero-order valence-electron chi connectivity index (χ0n) is 23.7. The number of nitrogens with zero attached hydrogens (tertiary/aromatic N) is 2. The van der Waals surface area contributed by atoms with Crippen LogP contribution in [-0.2, 0) is 10.9 Å². The molecule has 0 bridgehead atoms. The number of carbonyl (C=O) groups excluding carboxylic acids is 2. The van der Waals surface area contributed by atoms with Crippen LogP contribution in [0.25, 0.3) is 0 Å². The SMILES string of the molecule is COc1ccccc1N1CCN(c2ccc(NC(=O)Nc3ccc(C(F)(F)F)cc3)cc2C(=O)NCC2CCCO2)CC1. The Bertz CT molecular complexity index is 1420. The molecule has 3 amide bonds. The summed E-state index contributed by atoms with van der Waals surface area (Å²) in [6, 6.07) is 16.5. The lowest BCUT2D eigenvalue weighted by Crippen LogP contribution is -2.47. The lowest BCUT2D eigenvalue weighted by atomic mass is 10.1. The van der Waals surface area contributed by atoms with Crippen LogP contribution in [0.5, 0.6) is 5.75 Å². The third kappa shape index (κ3) is 7.50. The number of para-hydroxylation sites is 2. The van der Waals surface area contributed by atoms with Gasteiger partial charge in [-0.05, 0) is 67.4 Å². The molecule has 0 aromatic heterocycles. The number of anilines is 4. The molecule has 2 heterocycles. The molecule has 2 aliphatic heterocycles. The van der Waals surface area contributed by atoms with Crippen LogP contribution in [0.1, 0.15) is 28.8 Å². The molecule has 228 valence electrons. The highest BCUT2D eigenvalue weighted by Gasteiger charge is 2.30. The first-order valence-corrected chi connectivity index (χ1v) is 14.1. The zero-order valence-corrected chi connectivity index (χ0v) is 23.7. The van der Waals surface area contributed by atoms with Gasteiger partial charge in [0.25, 0.3) is 5.91 Å². The van der Waals surface area contributed by atoms with Gasteiger partial charge in [0.05, 0.1) is 30.0 Å². The standard InChI is InChI=1S/C31H34F3N5O4/c1-42-28-7-3-2-6-27(28)39-16-14-38(15-17-39)26-13-12-23(19-25(26)29(40)35-20-24-5-4-18-43-24)37-30(41)36-22-10-8-21(9-11-22)31(32,33)34/h2-3,6-13,19,24H,4-5,14-18,20H2,1H3,(H,35,40)(H2,36,37,41). The third-order valence-electron chi connectivity index (χ3n) is 7.53. The minimum Gasteiger partial charge on any atom is -0.495 e. The van der Waals surface area contributed by atoms with Crippen LogP contribution in [0.15, 0.2) is 66.7 Å². The molecule has 2 aliphatic rings. The number of ether oxygens (including phenoxy) is 2. The van der Waals surface area contributed by atoms with E-state index in [9.17, 15) is 22.8 Å². The maximum Gasteiger partial charge on any atom is 0.416 e. The Morgan fingerprint density at radius 2 is 1.56 bits per heavy atom. The molecule has 0 aliphatic carbocycles. The molecule has 0 spiro atoms. The second-order valence-electron chi connectivity index (χ2n) is 10.4. The molecule has 3 N–H and O–H groups in total. The van der Waals surface area contributed by atoms with E-state index in [2.05, 4.69) is 25.8 Å². The molecule has 5 rings (SSSR count). The third-order valence-corrected chi connectivity index (χ3v) is 7.53. The Labute approximate surface area is 247 Å². The number of carbonyl (C=O) groups is 2. The lowest BCUT2D eigenvalue weighted by molar-refractivity contribution is -0.137. The van der Waals surface area contributed by atoms with Crippen molar-refractivity contribution in [1.82, 2.24) is 5.32 Å². The molecule has 0 saturated carbocycles. The van der Waals surface area contributed by atoms with E-state index in [1.807, 2.05) is 24.3 Å². The summed E-state index contributed by atoms with van der Waals surface area (Å²) in [4.78, 5) is 30.5. The fraction of sp³-hybridized carbons (Fsp3) is 0.355. The van der Waals surface area contributed by atoms with Crippen molar-refractivity contribution in [2.24, 2.45) is 0 Å². The Kier molecular flexibility index (Phi) is 9.24. The molecule has 9 nitrogen and oxygen atoms in total. The van der Waals surface area contributed by atoms with Crippen molar-refractivity contribution in [2.45, 2.75) is 25.1 Å². The van der Waals surface area contributed by atoms with E-state index in [0.717, 1.165) is 42.1 Å². The maximum absolute atomic E-state index is 13.4. The van der Waals surface area contributed by atoms with Gasteiger partial charge >= 0.3 is 12.2 Å². The molecule has 1 unspecified atom stereocenters. The van der Waals surface area contributed by atoms with Gasteiger partial charge in [-0.2, -0.15) is 13.2 Å². The topological polar surface area (TPSA) is 95.2 Å². The molecule has 3 aromatic rings. The van der Waals surface area contributed by atoms with Crippen molar-refractivity contribution in [2.75, 3.05) is 66.9 Å². The molecule has 1 atom stereocenters. The Morgan fingerprint density at radius 3 is 2.21 bits per heavy atom. The van der Waals surface area contributed by atoms with Gasteiger partial charge in [0, 0.05) is 56.4 Å². The summed E-state index contributed by atoms with van der Waals surface area (Å²) in [6.45, 7) is 3.80. The minimum atomic E-state index is -4.47. The van der Waals surface area contributed by atoms with Gasteiger partial charge in [-0.15, -0.1) is 0 Å². The maximum atomic E-state index is 13.4. The van der Waals surface area contributed by atoms with Gasteiger partial charge in [-0.25, -0.2) is 4.79 Å². The second kappa shape index (κ2) is 13.2. The first-order valence-electron chi connectivity index (χ1n) is 14.1. The van der Waals surface area contributed by atoms with Crippen LogP contribution < -0.4 is 30.5 Å². The fourth-order valence-corrected chi connectivity index (χ4v) is 5.29. The number of benzene rings is 3. The quantitative estimate of drug-likeness (QED) is 0.313. The van der Waals surface area contributed by atoms with Crippen LogP contribution in [0, 0.1) is 0 Å². The number of alkyl halides is 3. The van der Waals surface area contributed by atoms with Crippen molar-refractivity contribution in [3.63, 3.8) is 0 Å². The average molecular weight is 598 g/mol. The van der Waals surface area contributed by atoms with E-state index < -0.39 is 17.8 Å². The number of halogens is 3. The predicted octanol–water partition coefficient (Wildman–Crippen LogP) is 5.59. The van der Waals surface area contributed by atoms with Crippen molar-refractivity contribution in [1.29, 1.82) is 0 Å². The summed E-state index contributed by atoms with van der Waals surface area (Å²) >= 11 is 0. The van der Waals surface area contributed by atoms with Gasteiger partial charge in [0.2, 0.25) is 0 Å². The first kappa shape index (κ1) is 30.0. The van der Waals surface area contributed by atoms with Crippen LogP contribution in [-0.4, -0.2) is 64.5 Å². The highest BCUT2D eigenvalue weighted by atomic mass is 19.4. The summed E-state index contributed by atoms with van der Waals surface area (Å²) < 4.78 is 49.8. The number of methoxy groups -OCH3 is 1. The summed E-state index contributed by atoms with van der Waals surface area (Å²) in [7, 11) is 1.65. The van der Waals surface area contributed by atoms with Gasteiger partial charge < -0.3 is 35.2 Å². The number of piperazine rings is 1. The molecular weight excluding hydrogens is 563 g/mol. The highest BCUT2D eigenvalue weighted by Crippen LogP contribution is 2.32. The van der Waals surface area contributed by atoms with Gasteiger partial charge in [0.15, 0.2) is 0 Å². The van der Waals surface area contributed by atoms with Crippen molar-refractivity contribution >= 4 is 34.7 Å². The molecule has 43 heavy (non-hydrogen) atoms. The van der Waals surface area contributed by atoms with Crippen LogP contribution in [0.2, 0.25) is 0 Å². The van der Waals surface area contributed by atoms with E-state index in [-0.39, 0.29) is 17.7 Å². The lowest BCUT2D eigenvalue weighted by Gasteiger charge is -2.38. The van der Waals surface area contributed by atoms with Crippen molar-refractivity contribution in [3.8, 4) is 5.75 Å². The van der Waals surface area contributed by atoms with E-state index >= 15 is 0 Å². The average Bonchev–Trinajstić information content (AvgIpc) is 3.53. The smallest absolute Gasteiger partial charge is 0.416 e. The van der Waals surface area contributed by atoms with Crippen molar-refractivity contribution < 1.29 is 32.2 Å². The molecule has 2 fully saturated rings.